The highest BCUT2D eigenvalue weighted by Crippen LogP contribution is 2.23. The smallest absolute Gasteiger partial charge is 0.361 e. The third-order valence-electron chi connectivity index (χ3n) is 3.26. The molecule has 0 saturated carbocycles. The van der Waals surface area contributed by atoms with Crippen LogP contribution in [0.25, 0.3) is 0 Å². The summed E-state index contributed by atoms with van der Waals surface area (Å²) in [5, 5.41) is 3.81. The molecule has 1 aliphatic heterocycles. The van der Waals surface area contributed by atoms with Gasteiger partial charge in [-0.1, -0.05) is 5.16 Å². The molecule has 0 unspecified atom stereocenters. The largest absolute Gasteiger partial charge is 0.406 e. The second-order valence-corrected chi connectivity index (χ2v) is 5.02. The highest BCUT2D eigenvalue weighted by Gasteiger charge is 2.40. The van der Waals surface area contributed by atoms with E-state index >= 15 is 0 Å². The zero-order valence-electron chi connectivity index (χ0n) is 11.3. The number of halogens is 3. The van der Waals surface area contributed by atoms with Gasteiger partial charge in [-0.15, -0.1) is 0 Å². The van der Waals surface area contributed by atoms with Crippen LogP contribution in [0.5, 0.6) is 0 Å². The Morgan fingerprint density at radius 3 is 2.80 bits per heavy atom. The van der Waals surface area contributed by atoms with Crippen LogP contribution < -0.4 is 0 Å². The fourth-order valence-electron chi connectivity index (χ4n) is 2.36. The van der Waals surface area contributed by atoms with Crippen molar-refractivity contribution in [2.75, 3.05) is 20.1 Å². The van der Waals surface area contributed by atoms with Gasteiger partial charge in [-0.05, 0) is 20.4 Å². The monoisotopic (exact) mass is 291 g/mol. The van der Waals surface area contributed by atoms with Crippen molar-refractivity contribution in [2.24, 2.45) is 0 Å². The summed E-state index contributed by atoms with van der Waals surface area (Å²) in [4.78, 5) is 14.5. The number of aromatic nitrogens is 1. The highest BCUT2D eigenvalue weighted by atomic mass is 19.4. The lowest BCUT2D eigenvalue weighted by Crippen LogP contribution is -2.42. The van der Waals surface area contributed by atoms with Gasteiger partial charge in [0.1, 0.15) is 12.3 Å². The Bertz CT molecular complexity index is 487. The number of hydrogen-bond donors (Lipinski definition) is 0. The van der Waals surface area contributed by atoms with Crippen molar-refractivity contribution >= 4 is 5.91 Å². The molecular formula is C12H16F3N3O2. The number of amides is 1. The first-order valence-corrected chi connectivity index (χ1v) is 6.24. The second kappa shape index (κ2) is 5.43. The van der Waals surface area contributed by atoms with Crippen molar-refractivity contribution in [3.8, 4) is 0 Å². The predicted octanol–water partition coefficient (Wildman–Crippen LogP) is 1.58. The van der Waals surface area contributed by atoms with Gasteiger partial charge >= 0.3 is 6.18 Å². The van der Waals surface area contributed by atoms with E-state index in [4.69, 9.17) is 4.52 Å². The van der Waals surface area contributed by atoms with Crippen molar-refractivity contribution in [3.63, 3.8) is 0 Å². The molecule has 1 saturated heterocycles. The van der Waals surface area contributed by atoms with E-state index in [9.17, 15) is 18.0 Å². The predicted molar refractivity (Wildman–Crippen MR) is 63.7 cm³/mol. The number of alkyl halides is 3. The van der Waals surface area contributed by atoms with Gasteiger partial charge in [-0.25, -0.2) is 0 Å². The molecule has 1 atom stereocenters. The van der Waals surface area contributed by atoms with Crippen LogP contribution in [0.4, 0.5) is 13.2 Å². The zero-order chi connectivity index (χ0) is 14.9. The normalized spacial score (nSPS) is 20.2. The molecule has 1 fully saturated rings. The summed E-state index contributed by atoms with van der Waals surface area (Å²) in [5.41, 5.74) is 0.659. The molecule has 0 aliphatic carbocycles. The van der Waals surface area contributed by atoms with E-state index in [2.05, 4.69) is 5.16 Å². The molecule has 0 N–H and O–H groups in total. The van der Waals surface area contributed by atoms with Crippen LogP contribution >= 0.6 is 0 Å². The molecule has 0 bridgehead atoms. The topological polar surface area (TPSA) is 49.6 Å². The quantitative estimate of drug-likeness (QED) is 0.845. The van der Waals surface area contributed by atoms with E-state index in [1.54, 1.807) is 24.9 Å². The van der Waals surface area contributed by atoms with E-state index in [0.717, 1.165) is 4.90 Å². The maximum absolute atomic E-state index is 12.3. The lowest BCUT2D eigenvalue weighted by atomic mass is 10.2. The van der Waals surface area contributed by atoms with Gasteiger partial charge in [0.05, 0.1) is 11.7 Å². The molecule has 0 radical (unpaired) electrons. The number of carbonyl (C=O) groups excluding carboxylic acids is 1. The van der Waals surface area contributed by atoms with Crippen LogP contribution in [0, 0.1) is 6.92 Å². The average molecular weight is 291 g/mol. The second-order valence-electron chi connectivity index (χ2n) is 5.02. The summed E-state index contributed by atoms with van der Waals surface area (Å²) in [6, 6.07) is 1.21. The van der Waals surface area contributed by atoms with Gasteiger partial charge in [0, 0.05) is 19.2 Å². The lowest BCUT2D eigenvalue weighted by Gasteiger charge is -2.23. The van der Waals surface area contributed by atoms with Gasteiger partial charge < -0.3 is 9.42 Å². The minimum atomic E-state index is -4.35. The minimum Gasteiger partial charge on any atom is -0.361 e. The van der Waals surface area contributed by atoms with E-state index in [1.807, 2.05) is 0 Å². The van der Waals surface area contributed by atoms with E-state index < -0.39 is 24.7 Å². The molecular weight excluding hydrogens is 275 g/mol. The lowest BCUT2D eigenvalue weighted by molar-refractivity contribution is -0.159. The molecule has 0 aromatic carbocycles. The van der Waals surface area contributed by atoms with Crippen LogP contribution in [-0.2, 0) is 11.3 Å². The molecule has 1 aromatic heterocycles. The van der Waals surface area contributed by atoms with Crippen LogP contribution in [0.2, 0.25) is 0 Å². The van der Waals surface area contributed by atoms with Gasteiger partial charge in [-0.2, -0.15) is 13.2 Å². The maximum atomic E-state index is 12.3. The van der Waals surface area contributed by atoms with Gasteiger partial charge in [-0.3, -0.25) is 9.69 Å². The third kappa shape index (κ3) is 3.50. The molecule has 1 amide bonds. The fourth-order valence-corrected chi connectivity index (χ4v) is 2.36. The molecule has 1 aromatic rings. The van der Waals surface area contributed by atoms with Crippen LogP contribution in [0.15, 0.2) is 10.6 Å². The van der Waals surface area contributed by atoms with Crippen molar-refractivity contribution in [1.82, 2.24) is 15.0 Å². The standard InChI is InChI=1S/C12H16F3N3O2/c1-8-5-9(16-20-8)6-17(2)10-3-4-18(11(10)19)7-12(13,14)15/h5,10H,3-4,6-7H2,1-2H3/t10-/m1/s1. The first-order valence-electron chi connectivity index (χ1n) is 6.24. The van der Waals surface area contributed by atoms with Gasteiger partial charge in [0.2, 0.25) is 5.91 Å². The number of aryl methyl sites for hydroxylation is 1. The number of likely N-dealkylation sites (tertiary alicyclic amines) is 1. The Morgan fingerprint density at radius 1 is 1.55 bits per heavy atom. The summed E-state index contributed by atoms with van der Waals surface area (Å²) in [5.74, 6) is 0.176. The van der Waals surface area contributed by atoms with Crippen molar-refractivity contribution in [1.29, 1.82) is 0 Å². The SMILES string of the molecule is Cc1cc(CN(C)[C@@H]2CCN(CC(F)(F)F)C2=O)no1. The maximum Gasteiger partial charge on any atom is 0.406 e. The number of rotatable bonds is 4. The molecule has 8 heteroatoms. The molecule has 2 rings (SSSR count). The Balaban J connectivity index is 1.95. The van der Waals surface area contributed by atoms with E-state index in [1.165, 1.54) is 0 Å². The highest BCUT2D eigenvalue weighted by molar-refractivity contribution is 5.84. The number of likely N-dealkylation sites (N-methyl/N-ethyl adjacent to an activating group) is 1. The van der Waals surface area contributed by atoms with Crippen LogP contribution in [-0.4, -0.2) is 53.2 Å². The van der Waals surface area contributed by atoms with E-state index in [0.29, 0.717) is 24.4 Å². The van der Waals surface area contributed by atoms with Crippen LogP contribution in [0.3, 0.4) is 0 Å². The number of hydrogen-bond acceptors (Lipinski definition) is 4. The molecule has 2 heterocycles. The van der Waals surface area contributed by atoms with Crippen molar-refractivity contribution in [3.05, 3.63) is 17.5 Å². The molecule has 5 nitrogen and oxygen atoms in total. The Kier molecular flexibility index (Phi) is 4.03. The van der Waals surface area contributed by atoms with E-state index in [-0.39, 0.29) is 6.54 Å². The van der Waals surface area contributed by atoms with Crippen molar-refractivity contribution < 1.29 is 22.5 Å². The van der Waals surface area contributed by atoms with Gasteiger partial charge in [0.15, 0.2) is 0 Å². The first kappa shape index (κ1) is 14.8. The summed E-state index contributed by atoms with van der Waals surface area (Å²) in [6.45, 7) is 1.07. The van der Waals surface area contributed by atoms with Gasteiger partial charge in [0.25, 0.3) is 0 Å². The Morgan fingerprint density at radius 2 is 2.25 bits per heavy atom. The molecule has 0 spiro atoms. The third-order valence-corrected chi connectivity index (χ3v) is 3.26. The summed E-state index contributed by atoms with van der Waals surface area (Å²) < 4.78 is 41.9. The molecule has 1 aliphatic rings. The van der Waals surface area contributed by atoms with Crippen molar-refractivity contribution in [2.45, 2.75) is 32.1 Å². The Labute approximate surface area is 114 Å². The summed E-state index contributed by atoms with van der Waals surface area (Å²) in [7, 11) is 1.70. The summed E-state index contributed by atoms with van der Waals surface area (Å²) >= 11 is 0. The number of carbonyl (C=O) groups is 1. The first-order chi connectivity index (χ1) is 9.26. The summed E-state index contributed by atoms with van der Waals surface area (Å²) in [6.07, 6.45) is -3.96. The minimum absolute atomic E-state index is 0.130. The molecule has 20 heavy (non-hydrogen) atoms. The fraction of sp³-hybridized carbons (Fsp3) is 0.667. The average Bonchev–Trinajstić information content (AvgIpc) is 2.85. The van der Waals surface area contributed by atoms with Crippen LogP contribution in [0.1, 0.15) is 17.9 Å². The molecule has 112 valence electrons. The Hall–Kier alpha value is -1.57. The number of nitrogens with zero attached hydrogens (tertiary/aromatic N) is 3. The zero-order valence-corrected chi connectivity index (χ0v) is 11.3.